The molecule has 0 aliphatic carbocycles. The van der Waals surface area contributed by atoms with E-state index in [0.29, 0.717) is 12.0 Å². The molecule has 1 atom stereocenters. The van der Waals surface area contributed by atoms with Gasteiger partial charge in [0.25, 0.3) is 0 Å². The molecule has 1 N–H and O–H groups in total. The third-order valence-corrected chi connectivity index (χ3v) is 2.41. The zero-order valence-corrected chi connectivity index (χ0v) is 9.76. The van der Waals surface area contributed by atoms with Crippen LogP contribution in [-0.2, 0) is 0 Å². The third-order valence-electron chi connectivity index (χ3n) is 2.41. The minimum atomic E-state index is 0.355. The van der Waals surface area contributed by atoms with Crippen molar-refractivity contribution < 1.29 is 0 Å². The molecule has 0 radical (unpaired) electrons. The van der Waals surface area contributed by atoms with E-state index in [1.54, 1.807) is 0 Å². The molecule has 0 aromatic carbocycles. The van der Waals surface area contributed by atoms with Gasteiger partial charge in [-0.2, -0.15) is 0 Å². The van der Waals surface area contributed by atoms with E-state index in [-0.39, 0.29) is 0 Å². The number of rotatable bonds is 3. The van der Waals surface area contributed by atoms with Crippen LogP contribution in [0.1, 0.15) is 36.8 Å². The number of nitrogens with zero attached hydrogens (tertiary/aromatic N) is 1. The van der Waals surface area contributed by atoms with Crippen LogP contribution in [0.5, 0.6) is 0 Å². The van der Waals surface area contributed by atoms with Crippen molar-refractivity contribution in [2.45, 2.75) is 33.7 Å². The number of hydrogen-bond donors (Lipinski definition) is 1. The summed E-state index contributed by atoms with van der Waals surface area (Å²) in [6, 6.07) is 4.62. The summed E-state index contributed by atoms with van der Waals surface area (Å²) < 4.78 is 0. The SMILES string of the molecule is CNC(c1cc(C)cc(C)n1)C(C)C. The molecule has 0 fully saturated rings. The predicted molar refractivity (Wildman–Crippen MR) is 60.3 cm³/mol. The van der Waals surface area contributed by atoms with Gasteiger partial charge < -0.3 is 5.32 Å². The monoisotopic (exact) mass is 192 g/mol. The maximum absolute atomic E-state index is 4.56. The largest absolute Gasteiger partial charge is 0.311 e. The van der Waals surface area contributed by atoms with E-state index in [1.807, 2.05) is 14.0 Å². The Hall–Kier alpha value is -0.890. The normalized spacial score (nSPS) is 13.3. The highest BCUT2D eigenvalue weighted by Crippen LogP contribution is 2.20. The zero-order chi connectivity index (χ0) is 10.7. The number of pyridine rings is 1. The molecule has 1 rings (SSSR count). The number of nitrogens with one attached hydrogen (secondary N) is 1. The second-order valence-corrected chi connectivity index (χ2v) is 4.22. The Bertz CT molecular complexity index is 285. The Morgan fingerprint density at radius 3 is 2.29 bits per heavy atom. The highest BCUT2D eigenvalue weighted by atomic mass is 14.9. The van der Waals surface area contributed by atoms with E-state index < -0.39 is 0 Å². The highest BCUT2D eigenvalue weighted by Gasteiger charge is 2.14. The van der Waals surface area contributed by atoms with Crippen LogP contribution in [0.4, 0.5) is 0 Å². The van der Waals surface area contributed by atoms with Gasteiger partial charge in [0.15, 0.2) is 0 Å². The van der Waals surface area contributed by atoms with Gasteiger partial charge in [-0.05, 0) is 44.5 Å². The molecule has 14 heavy (non-hydrogen) atoms. The van der Waals surface area contributed by atoms with Gasteiger partial charge in [-0.25, -0.2) is 0 Å². The lowest BCUT2D eigenvalue weighted by Gasteiger charge is -2.20. The first-order valence-corrected chi connectivity index (χ1v) is 5.17. The fraction of sp³-hybridized carbons (Fsp3) is 0.583. The molecule has 0 saturated carbocycles. The third kappa shape index (κ3) is 2.55. The number of aromatic nitrogens is 1. The number of aryl methyl sites for hydroxylation is 2. The molecule has 1 heterocycles. The second kappa shape index (κ2) is 4.56. The standard InChI is InChI=1S/C12H20N2/c1-8(2)12(13-5)11-7-9(3)6-10(4)14-11/h6-8,12-13H,1-5H3. The average Bonchev–Trinajstić information content (AvgIpc) is 2.02. The van der Waals surface area contributed by atoms with Crippen molar-refractivity contribution >= 4 is 0 Å². The van der Waals surface area contributed by atoms with Crippen molar-refractivity contribution in [2.75, 3.05) is 7.05 Å². The summed E-state index contributed by atoms with van der Waals surface area (Å²) in [5.74, 6) is 0.564. The first kappa shape index (κ1) is 11.2. The van der Waals surface area contributed by atoms with E-state index >= 15 is 0 Å². The van der Waals surface area contributed by atoms with Crippen LogP contribution in [0.2, 0.25) is 0 Å². The van der Waals surface area contributed by atoms with Crippen LogP contribution in [0, 0.1) is 19.8 Å². The van der Waals surface area contributed by atoms with Gasteiger partial charge in [0, 0.05) is 5.69 Å². The van der Waals surface area contributed by atoms with E-state index in [1.165, 1.54) is 5.56 Å². The fourth-order valence-electron chi connectivity index (χ4n) is 1.85. The Labute approximate surface area is 86.8 Å². The summed E-state index contributed by atoms with van der Waals surface area (Å²) in [6.45, 7) is 8.58. The van der Waals surface area contributed by atoms with Crippen LogP contribution in [0.15, 0.2) is 12.1 Å². The van der Waals surface area contributed by atoms with Crippen LogP contribution in [0.3, 0.4) is 0 Å². The molecule has 0 aliphatic heterocycles. The molecule has 0 saturated heterocycles. The van der Waals surface area contributed by atoms with E-state index in [2.05, 4.69) is 43.2 Å². The van der Waals surface area contributed by atoms with Gasteiger partial charge in [-0.15, -0.1) is 0 Å². The first-order valence-electron chi connectivity index (χ1n) is 5.17. The average molecular weight is 192 g/mol. The minimum absolute atomic E-state index is 0.355. The smallest absolute Gasteiger partial charge is 0.0581 e. The topological polar surface area (TPSA) is 24.9 Å². The molecule has 78 valence electrons. The molecule has 0 spiro atoms. The molecule has 0 amide bonds. The number of hydrogen-bond acceptors (Lipinski definition) is 2. The Morgan fingerprint density at radius 1 is 1.21 bits per heavy atom. The fourth-order valence-corrected chi connectivity index (χ4v) is 1.85. The van der Waals surface area contributed by atoms with Gasteiger partial charge in [-0.3, -0.25) is 4.98 Å². The quantitative estimate of drug-likeness (QED) is 0.796. The maximum atomic E-state index is 4.56. The molecule has 0 aliphatic rings. The van der Waals surface area contributed by atoms with Crippen molar-refractivity contribution in [2.24, 2.45) is 5.92 Å². The van der Waals surface area contributed by atoms with Crippen molar-refractivity contribution in [3.63, 3.8) is 0 Å². The van der Waals surface area contributed by atoms with E-state index in [4.69, 9.17) is 0 Å². The van der Waals surface area contributed by atoms with Crippen LogP contribution in [0.25, 0.3) is 0 Å². The van der Waals surface area contributed by atoms with Gasteiger partial charge in [-0.1, -0.05) is 13.8 Å². The van der Waals surface area contributed by atoms with Gasteiger partial charge >= 0.3 is 0 Å². The minimum Gasteiger partial charge on any atom is -0.311 e. The lowest BCUT2D eigenvalue weighted by atomic mass is 9.99. The molecular weight excluding hydrogens is 172 g/mol. The van der Waals surface area contributed by atoms with Gasteiger partial charge in [0.05, 0.1) is 11.7 Å². The summed E-state index contributed by atoms with van der Waals surface area (Å²) in [4.78, 5) is 4.56. The highest BCUT2D eigenvalue weighted by molar-refractivity contribution is 5.21. The maximum Gasteiger partial charge on any atom is 0.0581 e. The zero-order valence-electron chi connectivity index (χ0n) is 9.76. The summed E-state index contributed by atoms with van der Waals surface area (Å²) >= 11 is 0. The van der Waals surface area contributed by atoms with Crippen molar-refractivity contribution in [1.29, 1.82) is 0 Å². The molecule has 1 unspecified atom stereocenters. The van der Waals surface area contributed by atoms with E-state index in [9.17, 15) is 0 Å². The lowest BCUT2D eigenvalue weighted by molar-refractivity contribution is 0.433. The Kier molecular flexibility index (Phi) is 3.64. The Morgan fingerprint density at radius 2 is 1.86 bits per heavy atom. The molecule has 1 aromatic rings. The summed E-state index contributed by atoms with van der Waals surface area (Å²) in [5, 5.41) is 3.31. The van der Waals surface area contributed by atoms with Crippen molar-refractivity contribution in [3.8, 4) is 0 Å². The molecule has 2 nitrogen and oxygen atoms in total. The van der Waals surface area contributed by atoms with Gasteiger partial charge in [0.1, 0.15) is 0 Å². The summed E-state index contributed by atoms with van der Waals surface area (Å²) in [6.07, 6.45) is 0. The first-order chi connectivity index (χ1) is 6.54. The molecule has 0 bridgehead atoms. The van der Waals surface area contributed by atoms with Crippen molar-refractivity contribution in [1.82, 2.24) is 10.3 Å². The summed E-state index contributed by atoms with van der Waals surface area (Å²) in [5.41, 5.74) is 3.54. The predicted octanol–water partition coefficient (Wildman–Crippen LogP) is 2.61. The van der Waals surface area contributed by atoms with Crippen LogP contribution < -0.4 is 5.32 Å². The Balaban J connectivity index is 3.04. The molecule has 1 aromatic heterocycles. The van der Waals surface area contributed by atoms with Gasteiger partial charge in [0.2, 0.25) is 0 Å². The lowest BCUT2D eigenvalue weighted by Crippen LogP contribution is -2.23. The molecular formula is C12H20N2. The van der Waals surface area contributed by atoms with Crippen LogP contribution >= 0.6 is 0 Å². The summed E-state index contributed by atoms with van der Waals surface area (Å²) in [7, 11) is 1.99. The van der Waals surface area contributed by atoms with Crippen molar-refractivity contribution in [3.05, 3.63) is 29.1 Å². The van der Waals surface area contributed by atoms with E-state index in [0.717, 1.165) is 11.4 Å². The van der Waals surface area contributed by atoms with Crippen LogP contribution in [-0.4, -0.2) is 12.0 Å². The second-order valence-electron chi connectivity index (χ2n) is 4.22. The molecule has 2 heteroatoms.